The molecule has 2 unspecified atom stereocenters. The smallest absolute Gasteiger partial charge is 0.0320 e. The molecule has 1 aromatic carbocycles. The van der Waals surface area contributed by atoms with Crippen LogP contribution in [0.15, 0.2) is 30.3 Å². The van der Waals surface area contributed by atoms with Gasteiger partial charge in [0.2, 0.25) is 0 Å². The molecule has 0 aliphatic heterocycles. The summed E-state index contributed by atoms with van der Waals surface area (Å²) in [6.07, 6.45) is 5.97. The van der Waals surface area contributed by atoms with Crippen molar-refractivity contribution in [2.75, 3.05) is 12.8 Å². The molecule has 17 heavy (non-hydrogen) atoms. The summed E-state index contributed by atoms with van der Waals surface area (Å²) in [5.41, 5.74) is 1.43. The maximum absolute atomic E-state index is 3.70. The van der Waals surface area contributed by atoms with Crippen LogP contribution in [0.3, 0.4) is 0 Å². The number of unbranched alkanes of at least 4 members (excludes halogenated alkanes) is 1. The van der Waals surface area contributed by atoms with E-state index in [-0.39, 0.29) is 0 Å². The first-order valence-electron chi connectivity index (χ1n) is 6.59. The zero-order valence-electron chi connectivity index (χ0n) is 11.3. The summed E-state index contributed by atoms with van der Waals surface area (Å²) in [6, 6.07) is 11.3. The van der Waals surface area contributed by atoms with E-state index < -0.39 is 0 Å². The van der Waals surface area contributed by atoms with Crippen LogP contribution >= 0.6 is 11.8 Å². The number of hydrogen-bond donors (Lipinski definition) is 1. The second-order valence-corrected chi connectivity index (χ2v) is 5.84. The topological polar surface area (TPSA) is 12.0 Å². The lowest BCUT2D eigenvalue weighted by atomic mass is 10.0. The highest BCUT2D eigenvalue weighted by atomic mass is 32.2. The molecule has 0 aromatic heterocycles. The highest BCUT2D eigenvalue weighted by Crippen LogP contribution is 2.19. The predicted molar refractivity (Wildman–Crippen MR) is 79.7 cm³/mol. The van der Waals surface area contributed by atoms with Gasteiger partial charge < -0.3 is 5.32 Å². The van der Waals surface area contributed by atoms with Gasteiger partial charge in [0.15, 0.2) is 0 Å². The summed E-state index contributed by atoms with van der Waals surface area (Å²) in [5.74, 6) is 0. The maximum atomic E-state index is 3.70. The summed E-state index contributed by atoms with van der Waals surface area (Å²) in [6.45, 7) is 5.62. The molecule has 1 N–H and O–H groups in total. The van der Waals surface area contributed by atoms with Crippen LogP contribution in [0.1, 0.15) is 44.7 Å². The standard InChI is InChI=1S/C15H25NS/c1-4-5-11-15(16-12-13(2)17-3)14-9-7-6-8-10-14/h6-10,13,15-16H,4-5,11-12H2,1-3H3. The van der Waals surface area contributed by atoms with E-state index in [0.29, 0.717) is 11.3 Å². The summed E-state index contributed by atoms with van der Waals surface area (Å²) >= 11 is 1.92. The largest absolute Gasteiger partial charge is 0.309 e. The Morgan fingerprint density at radius 2 is 1.94 bits per heavy atom. The van der Waals surface area contributed by atoms with Gasteiger partial charge in [0.25, 0.3) is 0 Å². The average Bonchev–Trinajstić information content (AvgIpc) is 2.39. The fraction of sp³-hybridized carbons (Fsp3) is 0.600. The van der Waals surface area contributed by atoms with Crippen LogP contribution in [0.4, 0.5) is 0 Å². The Bertz CT molecular complexity index is 286. The van der Waals surface area contributed by atoms with Crippen molar-refractivity contribution in [1.29, 1.82) is 0 Å². The summed E-state index contributed by atoms with van der Waals surface area (Å²) in [4.78, 5) is 0. The molecule has 0 aliphatic rings. The first-order chi connectivity index (χ1) is 8.27. The molecular formula is C15H25NS. The van der Waals surface area contributed by atoms with Gasteiger partial charge in [0, 0.05) is 17.8 Å². The van der Waals surface area contributed by atoms with Crippen LogP contribution < -0.4 is 5.32 Å². The Balaban J connectivity index is 2.54. The van der Waals surface area contributed by atoms with Gasteiger partial charge >= 0.3 is 0 Å². The van der Waals surface area contributed by atoms with Gasteiger partial charge in [-0.25, -0.2) is 0 Å². The van der Waals surface area contributed by atoms with Crippen LogP contribution in [-0.4, -0.2) is 18.1 Å². The number of thioether (sulfide) groups is 1. The number of nitrogens with one attached hydrogen (secondary N) is 1. The van der Waals surface area contributed by atoms with E-state index in [1.807, 2.05) is 11.8 Å². The van der Waals surface area contributed by atoms with Crippen LogP contribution in [0.25, 0.3) is 0 Å². The van der Waals surface area contributed by atoms with Crippen molar-refractivity contribution < 1.29 is 0 Å². The van der Waals surface area contributed by atoms with Crippen molar-refractivity contribution in [2.24, 2.45) is 0 Å². The summed E-state index contributed by atoms with van der Waals surface area (Å²) in [5, 5.41) is 4.38. The van der Waals surface area contributed by atoms with E-state index in [1.54, 1.807) is 0 Å². The lowest BCUT2D eigenvalue weighted by Gasteiger charge is -2.21. The van der Waals surface area contributed by atoms with Gasteiger partial charge in [-0.2, -0.15) is 11.8 Å². The maximum Gasteiger partial charge on any atom is 0.0320 e. The summed E-state index contributed by atoms with van der Waals surface area (Å²) in [7, 11) is 0. The highest BCUT2D eigenvalue weighted by Gasteiger charge is 2.11. The zero-order valence-corrected chi connectivity index (χ0v) is 12.1. The predicted octanol–water partition coefficient (Wildman–Crippen LogP) is 4.26. The number of hydrogen-bond acceptors (Lipinski definition) is 2. The Hall–Kier alpha value is -0.470. The molecule has 0 aliphatic carbocycles. The minimum Gasteiger partial charge on any atom is -0.309 e. The van der Waals surface area contributed by atoms with E-state index in [9.17, 15) is 0 Å². The van der Waals surface area contributed by atoms with Gasteiger partial charge in [0.1, 0.15) is 0 Å². The molecule has 0 spiro atoms. The third-order valence-electron chi connectivity index (χ3n) is 3.10. The van der Waals surface area contributed by atoms with Crippen molar-refractivity contribution in [3.8, 4) is 0 Å². The first kappa shape index (κ1) is 14.6. The molecule has 0 heterocycles. The van der Waals surface area contributed by atoms with E-state index >= 15 is 0 Å². The first-order valence-corrected chi connectivity index (χ1v) is 7.87. The number of rotatable bonds is 8. The average molecular weight is 251 g/mol. The van der Waals surface area contributed by atoms with E-state index in [0.717, 1.165) is 6.54 Å². The lowest BCUT2D eigenvalue weighted by molar-refractivity contribution is 0.484. The molecule has 0 saturated carbocycles. The van der Waals surface area contributed by atoms with Gasteiger partial charge in [0.05, 0.1) is 0 Å². The van der Waals surface area contributed by atoms with E-state index in [1.165, 1.54) is 24.8 Å². The molecule has 1 rings (SSSR count). The van der Waals surface area contributed by atoms with Crippen LogP contribution in [0, 0.1) is 0 Å². The second-order valence-electron chi connectivity index (χ2n) is 4.56. The highest BCUT2D eigenvalue weighted by molar-refractivity contribution is 7.99. The van der Waals surface area contributed by atoms with Crippen molar-refractivity contribution in [2.45, 2.75) is 44.4 Å². The van der Waals surface area contributed by atoms with Crippen LogP contribution in [-0.2, 0) is 0 Å². The second kappa shape index (κ2) is 8.60. The van der Waals surface area contributed by atoms with Crippen molar-refractivity contribution in [3.05, 3.63) is 35.9 Å². The minimum atomic E-state index is 0.519. The Morgan fingerprint density at radius 3 is 2.53 bits per heavy atom. The normalized spacial score (nSPS) is 14.5. The number of benzene rings is 1. The van der Waals surface area contributed by atoms with Gasteiger partial charge in [-0.15, -0.1) is 0 Å². The molecule has 2 heteroatoms. The summed E-state index contributed by atoms with van der Waals surface area (Å²) < 4.78 is 0. The SMILES string of the molecule is CCCCC(NCC(C)SC)c1ccccc1. The van der Waals surface area contributed by atoms with Gasteiger partial charge in [-0.3, -0.25) is 0 Å². The zero-order chi connectivity index (χ0) is 12.5. The molecule has 1 nitrogen and oxygen atoms in total. The quantitative estimate of drug-likeness (QED) is 0.741. The van der Waals surface area contributed by atoms with Crippen LogP contribution in [0.5, 0.6) is 0 Å². The molecule has 0 amide bonds. The molecular weight excluding hydrogens is 226 g/mol. The Kier molecular flexibility index (Phi) is 7.38. The monoisotopic (exact) mass is 251 g/mol. The van der Waals surface area contributed by atoms with Crippen molar-refractivity contribution >= 4 is 11.8 Å². The molecule has 96 valence electrons. The Morgan fingerprint density at radius 1 is 1.24 bits per heavy atom. The molecule has 0 bridgehead atoms. The fourth-order valence-electron chi connectivity index (χ4n) is 1.87. The van der Waals surface area contributed by atoms with Gasteiger partial charge in [-0.1, -0.05) is 57.0 Å². The molecule has 2 atom stereocenters. The van der Waals surface area contributed by atoms with Crippen molar-refractivity contribution in [3.63, 3.8) is 0 Å². The molecule has 0 radical (unpaired) electrons. The third kappa shape index (κ3) is 5.60. The molecule has 1 aromatic rings. The molecule has 0 fully saturated rings. The molecule has 0 saturated heterocycles. The minimum absolute atomic E-state index is 0.519. The van der Waals surface area contributed by atoms with Crippen LogP contribution in [0.2, 0.25) is 0 Å². The van der Waals surface area contributed by atoms with E-state index in [4.69, 9.17) is 0 Å². The lowest BCUT2D eigenvalue weighted by Crippen LogP contribution is -2.27. The fourth-order valence-corrected chi connectivity index (χ4v) is 2.13. The van der Waals surface area contributed by atoms with Crippen molar-refractivity contribution in [1.82, 2.24) is 5.32 Å². The van der Waals surface area contributed by atoms with E-state index in [2.05, 4.69) is 55.8 Å². The van der Waals surface area contributed by atoms with Gasteiger partial charge in [-0.05, 0) is 18.2 Å². The Labute approximate surface area is 110 Å². The third-order valence-corrected chi connectivity index (χ3v) is 4.07.